The number of aromatic hydroxyl groups is 1. The summed E-state index contributed by atoms with van der Waals surface area (Å²) in [7, 11) is 4.40. The number of methoxy groups -OCH3 is 3. The first-order valence-electron chi connectivity index (χ1n) is 17.5. The topological polar surface area (TPSA) is 103 Å². The molecule has 0 aliphatic carbocycles. The molecule has 1 fully saturated rings. The Morgan fingerprint density at radius 2 is 0.962 bits per heavy atom. The molecule has 53 heavy (non-hydrogen) atoms. The van der Waals surface area contributed by atoms with Crippen LogP contribution in [-0.2, 0) is 50.1 Å². The van der Waals surface area contributed by atoms with Gasteiger partial charge in [0.05, 0.1) is 54.4 Å². The maximum atomic E-state index is 11.3. The number of phenolic OH excluding ortho intramolecular Hbond substituents is 1. The average molecular weight is 723 g/mol. The quantitative estimate of drug-likeness (QED) is 0.0979. The largest absolute Gasteiger partial charge is 0.504 e. The van der Waals surface area contributed by atoms with E-state index in [1.54, 1.807) is 0 Å². The van der Waals surface area contributed by atoms with Crippen molar-refractivity contribution in [1.82, 2.24) is 0 Å². The molecule has 0 unspecified atom stereocenters. The number of phenols is 1. The smallest absolute Gasteiger partial charge is 0.229 e. The molecule has 5 aromatic rings. The lowest BCUT2D eigenvalue weighted by Gasteiger charge is -2.45. The zero-order valence-corrected chi connectivity index (χ0v) is 30.2. The number of hydrogen-bond acceptors (Lipinski definition) is 10. The fourth-order valence-electron chi connectivity index (χ4n) is 6.19. The third-order valence-corrected chi connectivity index (χ3v) is 8.84. The van der Waals surface area contributed by atoms with E-state index in [1.165, 1.54) is 27.4 Å². The monoisotopic (exact) mass is 722 g/mol. The van der Waals surface area contributed by atoms with E-state index >= 15 is 0 Å². The van der Waals surface area contributed by atoms with Gasteiger partial charge in [-0.15, -0.1) is 0 Å². The van der Waals surface area contributed by atoms with Gasteiger partial charge >= 0.3 is 0 Å². The van der Waals surface area contributed by atoms with Gasteiger partial charge in [-0.2, -0.15) is 0 Å². The lowest BCUT2D eigenvalue weighted by Crippen LogP contribution is -2.62. The first kappa shape index (κ1) is 37.7. The molecule has 1 aliphatic heterocycles. The molecule has 0 radical (unpaired) electrons. The summed E-state index contributed by atoms with van der Waals surface area (Å²) in [6.45, 7) is 1.26. The minimum Gasteiger partial charge on any atom is -0.504 e. The SMILES string of the molecule is COc1cc(O)c(O[C@H]2O[C@H](COCc3ccccc3)[C@@H](OCc3ccccc3)[C@H](OCc3ccccc3)[C@H]2OCc2ccccc2)c(OC)c1OC. The van der Waals surface area contributed by atoms with Gasteiger partial charge in [0, 0.05) is 6.07 Å². The van der Waals surface area contributed by atoms with E-state index in [-0.39, 0.29) is 55.2 Å². The van der Waals surface area contributed by atoms with Crippen LogP contribution in [0.4, 0.5) is 0 Å². The summed E-state index contributed by atoms with van der Waals surface area (Å²) in [6, 6.07) is 40.9. The predicted molar refractivity (Wildman–Crippen MR) is 198 cm³/mol. The molecule has 5 atom stereocenters. The van der Waals surface area contributed by atoms with Crippen molar-refractivity contribution < 1.29 is 47.7 Å². The first-order valence-corrected chi connectivity index (χ1v) is 17.5. The summed E-state index contributed by atoms with van der Waals surface area (Å²) in [5.41, 5.74) is 3.91. The fourth-order valence-corrected chi connectivity index (χ4v) is 6.19. The van der Waals surface area contributed by atoms with E-state index in [1.807, 2.05) is 121 Å². The molecule has 10 heteroatoms. The Morgan fingerprint density at radius 1 is 0.509 bits per heavy atom. The zero-order valence-electron chi connectivity index (χ0n) is 30.2. The van der Waals surface area contributed by atoms with E-state index in [9.17, 15) is 5.11 Å². The molecule has 6 rings (SSSR count). The van der Waals surface area contributed by atoms with Crippen LogP contribution in [0.1, 0.15) is 22.3 Å². The minimum absolute atomic E-state index is 0.0159. The summed E-state index contributed by atoms with van der Waals surface area (Å²) in [6.07, 6.45) is -4.11. The van der Waals surface area contributed by atoms with E-state index < -0.39 is 30.7 Å². The standard InChI is InChI=1S/C43H46O10/c1-45-35-24-34(44)37(40(47-3)38(35)46-2)53-43-42(51-28-33-22-14-7-15-23-33)41(50-27-32-20-12-6-13-21-32)39(49-26-31-18-10-5-11-19-31)36(52-43)29-48-25-30-16-8-4-9-17-30/h4-24,36,39,41-44H,25-29H2,1-3H3/t36-,39-,41+,42-,43-/m1/s1. The van der Waals surface area contributed by atoms with Crippen molar-refractivity contribution in [2.24, 2.45) is 0 Å². The highest BCUT2D eigenvalue weighted by Gasteiger charge is 2.50. The molecule has 10 nitrogen and oxygen atoms in total. The van der Waals surface area contributed by atoms with Gasteiger partial charge in [0.15, 0.2) is 11.5 Å². The van der Waals surface area contributed by atoms with Gasteiger partial charge in [-0.1, -0.05) is 121 Å². The van der Waals surface area contributed by atoms with Gasteiger partial charge in [0.2, 0.25) is 23.5 Å². The molecule has 1 saturated heterocycles. The lowest BCUT2D eigenvalue weighted by molar-refractivity contribution is -0.310. The summed E-state index contributed by atoms with van der Waals surface area (Å²) in [4.78, 5) is 0. The second-order valence-electron chi connectivity index (χ2n) is 12.4. The van der Waals surface area contributed by atoms with E-state index in [4.69, 9.17) is 42.6 Å². The van der Waals surface area contributed by atoms with Crippen LogP contribution in [0.5, 0.6) is 28.7 Å². The maximum Gasteiger partial charge on any atom is 0.229 e. The predicted octanol–water partition coefficient (Wildman–Crippen LogP) is 7.49. The number of hydrogen-bond donors (Lipinski definition) is 1. The zero-order chi connectivity index (χ0) is 36.8. The third-order valence-electron chi connectivity index (χ3n) is 8.84. The molecule has 0 saturated carbocycles. The molecular formula is C43H46O10. The fraction of sp³-hybridized carbons (Fsp3) is 0.302. The van der Waals surface area contributed by atoms with Gasteiger partial charge in [-0.25, -0.2) is 0 Å². The van der Waals surface area contributed by atoms with E-state index in [2.05, 4.69) is 0 Å². The van der Waals surface area contributed by atoms with Gasteiger partial charge in [-0.3, -0.25) is 0 Å². The lowest BCUT2D eigenvalue weighted by atomic mass is 9.97. The Kier molecular flexibility index (Phi) is 13.6. The first-order chi connectivity index (χ1) is 26.1. The van der Waals surface area contributed by atoms with Crippen LogP contribution in [0.25, 0.3) is 0 Å². The van der Waals surface area contributed by atoms with E-state index in [0.29, 0.717) is 6.61 Å². The van der Waals surface area contributed by atoms with Crippen LogP contribution >= 0.6 is 0 Å². The molecule has 0 amide bonds. The van der Waals surface area contributed by atoms with Gasteiger partial charge in [0.25, 0.3) is 0 Å². The Labute approximate surface area is 310 Å². The van der Waals surface area contributed by atoms with Crippen molar-refractivity contribution >= 4 is 0 Å². The highest BCUT2D eigenvalue weighted by molar-refractivity contribution is 5.65. The summed E-state index contributed by atoms with van der Waals surface area (Å²) >= 11 is 0. The average Bonchev–Trinajstić information content (AvgIpc) is 3.21. The van der Waals surface area contributed by atoms with Gasteiger partial charge in [-0.05, 0) is 22.3 Å². The number of rotatable bonds is 18. The molecule has 1 N–H and O–H groups in total. The van der Waals surface area contributed by atoms with Crippen LogP contribution in [0.15, 0.2) is 127 Å². The van der Waals surface area contributed by atoms with Crippen molar-refractivity contribution in [2.45, 2.75) is 57.1 Å². The molecule has 0 aromatic heterocycles. The van der Waals surface area contributed by atoms with Crippen molar-refractivity contribution in [3.8, 4) is 28.7 Å². The summed E-state index contributed by atoms with van der Waals surface area (Å²) in [5, 5.41) is 11.3. The minimum atomic E-state index is -1.14. The maximum absolute atomic E-state index is 11.3. The highest BCUT2D eigenvalue weighted by Crippen LogP contribution is 2.50. The molecular weight excluding hydrogens is 676 g/mol. The van der Waals surface area contributed by atoms with Crippen LogP contribution in [0.3, 0.4) is 0 Å². The van der Waals surface area contributed by atoms with Crippen molar-refractivity contribution in [3.63, 3.8) is 0 Å². The van der Waals surface area contributed by atoms with Crippen LogP contribution < -0.4 is 18.9 Å². The molecule has 1 heterocycles. The molecule has 5 aromatic carbocycles. The highest BCUT2D eigenvalue weighted by atomic mass is 16.7. The van der Waals surface area contributed by atoms with Gasteiger partial charge < -0.3 is 47.7 Å². The van der Waals surface area contributed by atoms with Crippen LogP contribution in [0.2, 0.25) is 0 Å². The normalized spacial score (nSPS) is 19.7. The summed E-state index contributed by atoms with van der Waals surface area (Å²) < 4.78 is 56.7. The number of ether oxygens (including phenoxy) is 9. The second-order valence-corrected chi connectivity index (χ2v) is 12.4. The Balaban J connectivity index is 1.39. The summed E-state index contributed by atoms with van der Waals surface area (Å²) in [5.74, 6) is 0.366. The van der Waals surface area contributed by atoms with Crippen molar-refractivity contribution in [2.75, 3.05) is 27.9 Å². The molecule has 0 bridgehead atoms. The van der Waals surface area contributed by atoms with Crippen molar-refractivity contribution in [1.29, 1.82) is 0 Å². The number of benzene rings is 5. The molecule has 0 spiro atoms. The van der Waals surface area contributed by atoms with E-state index in [0.717, 1.165) is 22.3 Å². The molecule has 278 valence electrons. The Morgan fingerprint density at radius 3 is 1.43 bits per heavy atom. The van der Waals surface area contributed by atoms with Crippen LogP contribution in [-0.4, -0.2) is 63.7 Å². The van der Waals surface area contributed by atoms with Gasteiger partial charge in [0.1, 0.15) is 24.4 Å². The third kappa shape index (κ3) is 9.87. The Bertz CT molecular complexity index is 1810. The van der Waals surface area contributed by atoms with Crippen LogP contribution in [0, 0.1) is 0 Å². The second kappa shape index (κ2) is 19.1. The molecule has 1 aliphatic rings. The van der Waals surface area contributed by atoms with Crippen molar-refractivity contribution in [3.05, 3.63) is 150 Å². The Hall–Kier alpha value is -5.10.